The molecule has 56 valence electrons. The molecule has 0 aliphatic carbocycles. The Labute approximate surface area is 62.9 Å². The minimum Gasteiger partial charge on any atom is -0.377 e. The first kappa shape index (κ1) is 7.30. The van der Waals surface area contributed by atoms with Gasteiger partial charge in [0.05, 0.1) is 6.20 Å². The summed E-state index contributed by atoms with van der Waals surface area (Å²) in [6.45, 7) is -0.0503. The molecule has 0 spiro atoms. The van der Waals surface area contributed by atoms with Gasteiger partial charge in [-0.3, -0.25) is 0 Å². The average Bonchev–Trinajstić information content (AvgIpc) is 2.37. The van der Waals surface area contributed by atoms with Crippen molar-refractivity contribution in [1.82, 2.24) is 4.98 Å². The molecule has 10 heavy (non-hydrogen) atoms. The van der Waals surface area contributed by atoms with Gasteiger partial charge in [-0.25, -0.2) is 4.98 Å². The van der Waals surface area contributed by atoms with Crippen LogP contribution in [-0.2, 0) is 0 Å². The van der Waals surface area contributed by atoms with Gasteiger partial charge in [-0.1, -0.05) is 11.3 Å². The summed E-state index contributed by atoms with van der Waals surface area (Å²) in [6, 6.07) is 0. The maximum absolute atomic E-state index is 8.45. The molecule has 1 heterocycles. The maximum atomic E-state index is 8.45. The lowest BCUT2D eigenvalue weighted by molar-refractivity contribution is 0.326. The number of nitrogens with one attached hydrogen (secondary N) is 2. The fourth-order valence-electron chi connectivity index (χ4n) is 0.549. The third-order valence-corrected chi connectivity index (χ3v) is 1.95. The van der Waals surface area contributed by atoms with Crippen LogP contribution < -0.4 is 10.6 Å². The Balaban J connectivity index is 2.59. The summed E-state index contributed by atoms with van der Waals surface area (Å²) in [5.74, 6) is 0. The van der Waals surface area contributed by atoms with Crippen molar-refractivity contribution in [2.75, 3.05) is 24.4 Å². The number of hydrogen-bond donors (Lipinski definition) is 3. The highest BCUT2D eigenvalue weighted by Gasteiger charge is 1.96. The summed E-state index contributed by atoms with van der Waals surface area (Å²) in [5, 5.41) is 15.8. The highest BCUT2D eigenvalue weighted by molar-refractivity contribution is 7.19. The number of aliphatic hydroxyl groups is 1. The topological polar surface area (TPSA) is 57.2 Å². The summed E-state index contributed by atoms with van der Waals surface area (Å²) in [7, 11) is 1.81. The van der Waals surface area contributed by atoms with Crippen LogP contribution in [0.15, 0.2) is 6.20 Å². The summed E-state index contributed by atoms with van der Waals surface area (Å²) in [4.78, 5) is 3.99. The number of rotatable bonds is 3. The lowest BCUT2D eigenvalue weighted by atomic mass is 10.8. The lowest BCUT2D eigenvalue weighted by Crippen LogP contribution is -1.95. The second kappa shape index (κ2) is 3.38. The molecule has 4 nitrogen and oxygen atoms in total. The number of anilines is 2. The largest absolute Gasteiger partial charge is 0.377 e. The molecule has 5 heteroatoms. The van der Waals surface area contributed by atoms with Crippen molar-refractivity contribution >= 4 is 21.5 Å². The average molecular weight is 159 g/mol. The molecule has 0 saturated heterocycles. The molecule has 0 fully saturated rings. The van der Waals surface area contributed by atoms with Crippen LogP contribution in [0.4, 0.5) is 10.1 Å². The second-order valence-electron chi connectivity index (χ2n) is 1.61. The van der Waals surface area contributed by atoms with Gasteiger partial charge in [-0.2, -0.15) is 0 Å². The van der Waals surface area contributed by atoms with Crippen LogP contribution in [0.5, 0.6) is 0 Å². The van der Waals surface area contributed by atoms with Gasteiger partial charge in [-0.05, 0) is 0 Å². The zero-order valence-electron chi connectivity index (χ0n) is 5.59. The van der Waals surface area contributed by atoms with E-state index in [4.69, 9.17) is 5.11 Å². The summed E-state index contributed by atoms with van der Waals surface area (Å²) in [6.07, 6.45) is 1.67. The first-order valence-electron chi connectivity index (χ1n) is 2.85. The number of hydrogen-bond acceptors (Lipinski definition) is 5. The van der Waals surface area contributed by atoms with E-state index in [0.29, 0.717) is 0 Å². The van der Waals surface area contributed by atoms with Crippen LogP contribution in [0, 0.1) is 0 Å². The van der Waals surface area contributed by atoms with Gasteiger partial charge in [-0.15, -0.1) is 0 Å². The maximum Gasteiger partial charge on any atom is 0.184 e. The Kier molecular flexibility index (Phi) is 2.47. The van der Waals surface area contributed by atoms with Crippen LogP contribution in [0.25, 0.3) is 0 Å². The highest BCUT2D eigenvalue weighted by atomic mass is 32.1. The van der Waals surface area contributed by atoms with E-state index in [1.807, 2.05) is 7.05 Å². The Morgan fingerprint density at radius 2 is 2.60 bits per heavy atom. The van der Waals surface area contributed by atoms with Crippen molar-refractivity contribution < 1.29 is 5.11 Å². The van der Waals surface area contributed by atoms with Crippen molar-refractivity contribution in [1.29, 1.82) is 0 Å². The Hall–Kier alpha value is -0.810. The van der Waals surface area contributed by atoms with Gasteiger partial charge in [0.25, 0.3) is 0 Å². The molecule has 0 bridgehead atoms. The van der Waals surface area contributed by atoms with E-state index >= 15 is 0 Å². The molecule has 1 aromatic heterocycles. The standard InChI is InChI=1S/C5H9N3OS/c1-6-5-7-2-4(10-5)8-3-9/h2,8-9H,3H2,1H3,(H,6,7). The Morgan fingerprint density at radius 1 is 1.80 bits per heavy atom. The van der Waals surface area contributed by atoms with Crippen LogP contribution in [0.2, 0.25) is 0 Å². The van der Waals surface area contributed by atoms with Gasteiger partial charge in [0.15, 0.2) is 5.13 Å². The fourth-order valence-corrected chi connectivity index (χ4v) is 1.21. The molecule has 0 unspecified atom stereocenters. The van der Waals surface area contributed by atoms with E-state index in [0.717, 1.165) is 10.1 Å². The third kappa shape index (κ3) is 1.58. The van der Waals surface area contributed by atoms with E-state index in [1.165, 1.54) is 11.3 Å². The smallest absolute Gasteiger partial charge is 0.184 e. The molecule has 3 N–H and O–H groups in total. The fraction of sp³-hybridized carbons (Fsp3) is 0.400. The first-order chi connectivity index (χ1) is 4.86. The molecule has 0 aromatic carbocycles. The zero-order valence-corrected chi connectivity index (χ0v) is 6.40. The monoisotopic (exact) mass is 159 g/mol. The van der Waals surface area contributed by atoms with Crippen LogP contribution >= 0.6 is 11.3 Å². The summed E-state index contributed by atoms with van der Waals surface area (Å²) in [5.41, 5.74) is 0. The molecular formula is C5H9N3OS. The summed E-state index contributed by atoms with van der Waals surface area (Å²) >= 11 is 1.46. The molecule has 0 aliphatic heterocycles. The van der Waals surface area contributed by atoms with Gasteiger partial charge in [0.2, 0.25) is 0 Å². The van der Waals surface area contributed by atoms with Crippen molar-refractivity contribution in [3.05, 3.63) is 6.20 Å². The summed E-state index contributed by atoms with van der Waals surface area (Å²) < 4.78 is 0. The minimum absolute atomic E-state index is 0.0503. The molecule has 1 aromatic rings. The minimum atomic E-state index is -0.0503. The molecule has 0 aliphatic rings. The molecular weight excluding hydrogens is 150 g/mol. The van der Waals surface area contributed by atoms with Crippen LogP contribution in [0.1, 0.15) is 0 Å². The molecule has 0 saturated carbocycles. The van der Waals surface area contributed by atoms with Gasteiger partial charge in [0.1, 0.15) is 11.7 Å². The highest BCUT2D eigenvalue weighted by Crippen LogP contribution is 2.21. The van der Waals surface area contributed by atoms with Crippen LogP contribution in [-0.4, -0.2) is 23.9 Å². The van der Waals surface area contributed by atoms with Crippen molar-refractivity contribution in [2.24, 2.45) is 0 Å². The molecule has 0 amide bonds. The van der Waals surface area contributed by atoms with E-state index in [9.17, 15) is 0 Å². The normalized spacial score (nSPS) is 9.40. The van der Waals surface area contributed by atoms with E-state index < -0.39 is 0 Å². The second-order valence-corrected chi connectivity index (χ2v) is 2.65. The number of aliphatic hydroxyl groups excluding tert-OH is 1. The van der Waals surface area contributed by atoms with Gasteiger partial charge >= 0.3 is 0 Å². The Bertz CT molecular complexity index is 201. The van der Waals surface area contributed by atoms with E-state index in [2.05, 4.69) is 15.6 Å². The Morgan fingerprint density at radius 3 is 3.10 bits per heavy atom. The molecule has 0 atom stereocenters. The van der Waals surface area contributed by atoms with Crippen molar-refractivity contribution in [2.45, 2.75) is 0 Å². The van der Waals surface area contributed by atoms with Crippen LogP contribution in [0.3, 0.4) is 0 Å². The lowest BCUT2D eigenvalue weighted by Gasteiger charge is -1.92. The van der Waals surface area contributed by atoms with E-state index in [1.54, 1.807) is 6.20 Å². The van der Waals surface area contributed by atoms with Gasteiger partial charge in [0, 0.05) is 7.05 Å². The number of aromatic nitrogens is 1. The predicted molar refractivity (Wildman–Crippen MR) is 42.4 cm³/mol. The quantitative estimate of drug-likeness (QED) is 0.564. The SMILES string of the molecule is CNc1ncc(NCO)s1. The number of thiazole rings is 1. The van der Waals surface area contributed by atoms with Gasteiger partial charge < -0.3 is 15.7 Å². The third-order valence-electron chi connectivity index (χ3n) is 0.973. The van der Waals surface area contributed by atoms with Crippen molar-refractivity contribution in [3.8, 4) is 0 Å². The molecule has 0 radical (unpaired) electrons. The predicted octanol–water partition coefficient (Wildman–Crippen LogP) is 0.546. The molecule has 1 rings (SSSR count). The number of nitrogens with zero attached hydrogens (tertiary/aromatic N) is 1. The zero-order chi connectivity index (χ0) is 7.40. The van der Waals surface area contributed by atoms with E-state index in [-0.39, 0.29) is 6.73 Å². The first-order valence-corrected chi connectivity index (χ1v) is 3.67. The van der Waals surface area contributed by atoms with Crippen molar-refractivity contribution in [3.63, 3.8) is 0 Å².